The zero-order valence-electron chi connectivity index (χ0n) is 12.6. The van der Waals surface area contributed by atoms with Crippen molar-refractivity contribution in [3.05, 3.63) is 0 Å². The normalized spacial score (nSPS) is 32.7. The summed E-state index contributed by atoms with van der Waals surface area (Å²) in [6, 6.07) is 0. The van der Waals surface area contributed by atoms with Crippen LogP contribution in [0.15, 0.2) is 0 Å². The lowest BCUT2D eigenvalue weighted by atomic mass is 10.0. The van der Waals surface area contributed by atoms with E-state index in [0.717, 1.165) is 51.4 Å². The van der Waals surface area contributed by atoms with Crippen molar-refractivity contribution in [1.82, 2.24) is 0 Å². The Kier molecular flexibility index (Phi) is 6.30. The summed E-state index contributed by atoms with van der Waals surface area (Å²) < 4.78 is 11.4. The number of hydrogen-bond donors (Lipinski definition) is 1. The SMILES string of the molecule is CCCCC[C@H](O)[C@@H]1CC[C@H]([C@H]2CCCCC(=O)O2)O1. The topological polar surface area (TPSA) is 55.8 Å². The monoisotopic (exact) mass is 284 g/mol. The standard InChI is InChI=1S/C16H28O4/c1-2-3-4-7-12(17)13-10-11-15(19-13)14-8-5-6-9-16(18)20-14/h12-15,17H,2-11H2,1H3/t12-,13-,14+,15+/m0/s1. The number of aliphatic hydroxyl groups is 1. The molecule has 0 spiro atoms. The van der Waals surface area contributed by atoms with Gasteiger partial charge >= 0.3 is 5.97 Å². The Labute approximate surface area is 121 Å². The van der Waals surface area contributed by atoms with Gasteiger partial charge in [0.05, 0.1) is 18.3 Å². The Hall–Kier alpha value is -0.610. The maximum Gasteiger partial charge on any atom is 0.306 e. The van der Waals surface area contributed by atoms with Crippen molar-refractivity contribution < 1.29 is 19.4 Å². The first-order chi connectivity index (χ1) is 9.70. The fraction of sp³-hybridized carbons (Fsp3) is 0.938. The third-order valence-corrected chi connectivity index (χ3v) is 4.43. The molecular weight excluding hydrogens is 256 g/mol. The smallest absolute Gasteiger partial charge is 0.306 e. The highest BCUT2D eigenvalue weighted by Crippen LogP contribution is 2.30. The number of carbonyl (C=O) groups is 1. The van der Waals surface area contributed by atoms with Gasteiger partial charge in [0.15, 0.2) is 0 Å². The second-order valence-corrected chi connectivity index (χ2v) is 6.13. The Morgan fingerprint density at radius 3 is 2.85 bits per heavy atom. The van der Waals surface area contributed by atoms with Crippen molar-refractivity contribution in [3.8, 4) is 0 Å². The fourth-order valence-electron chi connectivity index (χ4n) is 3.20. The number of esters is 1. The zero-order valence-corrected chi connectivity index (χ0v) is 12.6. The first-order valence-electron chi connectivity index (χ1n) is 8.23. The van der Waals surface area contributed by atoms with E-state index in [9.17, 15) is 9.90 Å². The first kappa shape index (κ1) is 15.8. The van der Waals surface area contributed by atoms with Crippen LogP contribution in [0.25, 0.3) is 0 Å². The van der Waals surface area contributed by atoms with E-state index in [2.05, 4.69) is 6.92 Å². The van der Waals surface area contributed by atoms with Crippen molar-refractivity contribution in [2.24, 2.45) is 0 Å². The molecule has 4 nitrogen and oxygen atoms in total. The van der Waals surface area contributed by atoms with Crippen LogP contribution in [0.3, 0.4) is 0 Å². The molecule has 0 unspecified atom stereocenters. The minimum Gasteiger partial charge on any atom is -0.460 e. The molecule has 20 heavy (non-hydrogen) atoms. The molecule has 2 aliphatic heterocycles. The summed E-state index contributed by atoms with van der Waals surface area (Å²) in [5.74, 6) is -0.0944. The molecule has 2 heterocycles. The van der Waals surface area contributed by atoms with Crippen LogP contribution in [0.2, 0.25) is 0 Å². The zero-order chi connectivity index (χ0) is 14.4. The summed E-state index contributed by atoms with van der Waals surface area (Å²) in [7, 11) is 0. The number of hydrogen-bond acceptors (Lipinski definition) is 4. The molecular formula is C16H28O4. The number of unbranched alkanes of at least 4 members (excludes halogenated alkanes) is 2. The number of rotatable bonds is 6. The second-order valence-electron chi connectivity index (χ2n) is 6.13. The van der Waals surface area contributed by atoms with Gasteiger partial charge in [-0.25, -0.2) is 0 Å². The van der Waals surface area contributed by atoms with E-state index in [-0.39, 0.29) is 30.4 Å². The van der Waals surface area contributed by atoms with E-state index in [1.165, 1.54) is 6.42 Å². The average Bonchev–Trinajstić information content (AvgIpc) is 2.83. The van der Waals surface area contributed by atoms with Crippen molar-refractivity contribution in [1.29, 1.82) is 0 Å². The molecule has 0 amide bonds. The molecule has 116 valence electrons. The molecule has 2 aliphatic rings. The van der Waals surface area contributed by atoms with Gasteiger partial charge in [-0.15, -0.1) is 0 Å². The number of aliphatic hydroxyl groups excluding tert-OH is 1. The number of ether oxygens (including phenoxy) is 2. The largest absolute Gasteiger partial charge is 0.460 e. The maximum absolute atomic E-state index is 11.5. The van der Waals surface area contributed by atoms with Crippen LogP contribution >= 0.6 is 0 Å². The highest BCUT2D eigenvalue weighted by molar-refractivity contribution is 5.69. The van der Waals surface area contributed by atoms with Gasteiger partial charge in [0.1, 0.15) is 6.10 Å². The van der Waals surface area contributed by atoms with E-state index < -0.39 is 0 Å². The highest BCUT2D eigenvalue weighted by Gasteiger charge is 2.37. The summed E-state index contributed by atoms with van der Waals surface area (Å²) in [5.41, 5.74) is 0. The molecule has 2 fully saturated rings. The van der Waals surface area contributed by atoms with Crippen LogP contribution in [0.1, 0.15) is 71.1 Å². The van der Waals surface area contributed by atoms with Crippen LogP contribution < -0.4 is 0 Å². The van der Waals surface area contributed by atoms with E-state index in [1.54, 1.807) is 0 Å². The van der Waals surface area contributed by atoms with Crippen molar-refractivity contribution in [2.75, 3.05) is 0 Å². The Morgan fingerprint density at radius 2 is 2.05 bits per heavy atom. The van der Waals surface area contributed by atoms with Gasteiger partial charge in [-0.1, -0.05) is 26.2 Å². The van der Waals surface area contributed by atoms with Gasteiger partial charge in [0.2, 0.25) is 0 Å². The molecule has 4 heteroatoms. The van der Waals surface area contributed by atoms with Crippen LogP contribution in [-0.4, -0.2) is 35.5 Å². The first-order valence-corrected chi connectivity index (χ1v) is 8.23. The maximum atomic E-state index is 11.5. The quantitative estimate of drug-likeness (QED) is 0.602. The van der Waals surface area contributed by atoms with E-state index in [4.69, 9.17) is 9.47 Å². The van der Waals surface area contributed by atoms with Crippen LogP contribution in [0, 0.1) is 0 Å². The predicted octanol–water partition coefficient (Wildman–Crippen LogP) is 2.96. The highest BCUT2D eigenvalue weighted by atomic mass is 16.6. The van der Waals surface area contributed by atoms with Gasteiger partial charge in [0, 0.05) is 6.42 Å². The Morgan fingerprint density at radius 1 is 1.20 bits per heavy atom. The van der Waals surface area contributed by atoms with Crippen LogP contribution in [0.4, 0.5) is 0 Å². The molecule has 0 aromatic heterocycles. The summed E-state index contributed by atoms with van der Waals surface area (Å²) in [4.78, 5) is 11.5. The molecule has 0 aliphatic carbocycles. The molecule has 2 saturated heterocycles. The average molecular weight is 284 g/mol. The number of cyclic esters (lactones) is 1. The van der Waals surface area contributed by atoms with Gasteiger partial charge in [-0.3, -0.25) is 4.79 Å². The summed E-state index contributed by atoms with van der Waals surface area (Å²) in [6.45, 7) is 2.16. The summed E-state index contributed by atoms with van der Waals surface area (Å²) in [5, 5.41) is 10.2. The van der Waals surface area contributed by atoms with Gasteiger partial charge < -0.3 is 14.6 Å². The Bertz CT molecular complexity index is 305. The molecule has 4 atom stereocenters. The van der Waals surface area contributed by atoms with Crippen LogP contribution in [0.5, 0.6) is 0 Å². The molecule has 0 aromatic rings. The summed E-state index contributed by atoms with van der Waals surface area (Å²) >= 11 is 0. The van der Waals surface area contributed by atoms with Gasteiger partial charge in [-0.05, 0) is 38.5 Å². The van der Waals surface area contributed by atoms with E-state index in [1.807, 2.05) is 0 Å². The van der Waals surface area contributed by atoms with Crippen molar-refractivity contribution in [2.45, 2.75) is 95.5 Å². The van der Waals surface area contributed by atoms with Crippen molar-refractivity contribution in [3.63, 3.8) is 0 Å². The molecule has 0 saturated carbocycles. The second kappa shape index (κ2) is 7.99. The number of carbonyl (C=O) groups excluding carboxylic acids is 1. The lowest BCUT2D eigenvalue weighted by molar-refractivity contribution is -0.157. The van der Waals surface area contributed by atoms with Crippen molar-refractivity contribution >= 4 is 5.97 Å². The molecule has 2 rings (SSSR count). The van der Waals surface area contributed by atoms with Gasteiger partial charge in [-0.2, -0.15) is 0 Å². The summed E-state index contributed by atoms with van der Waals surface area (Å²) in [6.07, 6.45) is 8.81. The minimum absolute atomic E-state index is 0.0112. The third kappa shape index (κ3) is 4.45. The fourth-order valence-corrected chi connectivity index (χ4v) is 3.20. The molecule has 0 radical (unpaired) electrons. The Balaban J connectivity index is 1.77. The minimum atomic E-state index is -0.368. The predicted molar refractivity (Wildman–Crippen MR) is 76.4 cm³/mol. The molecule has 0 bridgehead atoms. The molecule has 1 N–H and O–H groups in total. The molecule has 0 aromatic carbocycles. The van der Waals surface area contributed by atoms with Gasteiger partial charge in [0.25, 0.3) is 0 Å². The van der Waals surface area contributed by atoms with E-state index in [0.29, 0.717) is 6.42 Å². The van der Waals surface area contributed by atoms with E-state index >= 15 is 0 Å². The third-order valence-electron chi connectivity index (χ3n) is 4.43. The lowest BCUT2D eigenvalue weighted by Gasteiger charge is -2.24. The van der Waals surface area contributed by atoms with Crippen LogP contribution in [-0.2, 0) is 14.3 Å². The lowest BCUT2D eigenvalue weighted by Crippen LogP contribution is -2.33.